The molecule has 0 saturated carbocycles. The highest BCUT2D eigenvalue weighted by Gasteiger charge is 2.08. The highest BCUT2D eigenvalue weighted by Crippen LogP contribution is 2.28. The Morgan fingerprint density at radius 2 is 2.19 bits per heavy atom. The minimum Gasteiger partial charge on any atom is -0.493 e. The second-order valence-electron chi connectivity index (χ2n) is 6.11. The van der Waals surface area contributed by atoms with Gasteiger partial charge in [-0.05, 0) is 36.6 Å². The number of hydrogen-bond acceptors (Lipinski definition) is 8. The highest BCUT2D eigenvalue weighted by atomic mass is 32.1. The first kappa shape index (κ1) is 20.7. The van der Waals surface area contributed by atoms with Crippen LogP contribution in [0.2, 0.25) is 0 Å². The van der Waals surface area contributed by atoms with E-state index >= 15 is 0 Å². The molecular weight excluding hydrogens is 366 g/mol. The molecule has 0 amide bonds. The molecular formula is C19H25N3O4S. The van der Waals surface area contributed by atoms with Gasteiger partial charge in [-0.3, -0.25) is 10.2 Å². The molecule has 0 spiro atoms. The fourth-order valence-corrected chi connectivity index (χ4v) is 2.76. The zero-order valence-corrected chi connectivity index (χ0v) is 16.8. The summed E-state index contributed by atoms with van der Waals surface area (Å²) in [7, 11) is 1.61. The van der Waals surface area contributed by atoms with E-state index in [4.69, 9.17) is 14.2 Å². The molecule has 8 heteroatoms. The predicted molar refractivity (Wildman–Crippen MR) is 107 cm³/mol. The van der Waals surface area contributed by atoms with Gasteiger partial charge in [0.15, 0.2) is 11.5 Å². The normalized spacial score (nSPS) is 11.0. The lowest BCUT2D eigenvalue weighted by Gasteiger charge is -2.12. The van der Waals surface area contributed by atoms with Crippen molar-refractivity contribution >= 4 is 28.7 Å². The average Bonchev–Trinajstić information content (AvgIpc) is 3.07. The maximum Gasteiger partial charge on any atom is 0.311 e. The number of esters is 1. The smallest absolute Gasteiger partial charge is 0.311 e. The Morgan fingerprint density at radius 3 is 2.89 bits per heavy atom. The number of nitrogens with zero attached hydrogens (tertiary/aromatic N) is 2. The molecule has 146 valence electrons. The lowest BCUT2D eigenvalue weighted by Crippen LogP contribution is -2.07. The zero-order chi connectivity index (χ0) is 19.6. The van der Waals surface area contributed by atoms with Crippen LogP contribution in [0.1, 0.15) is 32.0 Å². The molecule has 27 heavy (non-hydrogen) atoms. The molecule has 0 atom stereocenters. The number of aromatic nitrogens is 1. The number of carbonyl (C=O) groups excluding carboxylic acids is 1. The summed E-state index contributed by atoms with van der Waals surface area (Å²) < 4.78 is 16.0. The number of benzene rings is 1. The highest BCUT2D eigenvalue weighted by molar-refractivity contribution is 7.13. The summed E-state index contributed by atoms with van der Waals surface area (Å²) in [4.78, 5) is 15.8. The second-order valence-corrected chi connectivity index (χ2v) is 6.97. The van der Waals surface area contributed by atoms with Gasteiger partial charge in [-0.2, -0.15) is 5.10 Å². The summed E-state index contributed by atoms with van der Waals surface area (Å²) >= 11 is 1.38. The van der Waals surface area contributed by atoms with Gasteiger partial charge >= 0.3 is 5.97 Å². The molecule has 0 radical (unpaired) electrons. The fraction of sp³-hybridized carbons (Fsp3) is 0.421. The third-order valence-electron chi connectivity index (χ3n) is 3.32. The van der Waals surface area contributed by atoms with Crippen molar-refractivity contribution in [3.63, 3.8) is 0 Å². The zero-order valence-electron chi connectivity index (χ0n) is 16.0. The van der Waals surface area contributed by atoms with Crippen molar-refractivity contribution in [1.82, 2.24) is 4.98 Å². The van der Waals surface area contributed by atoms with E-state index in [1.165, 1.54) is 11.3 Å². The van der Waals surface area contributed by atoms with Crippen LogP contribution in [0.4, 0.5) is 5.13 Å². The molecule has 2 rings (SSSR count). The van der Waals surface area contributed by atoms with E-state index in [1.54, 1.807) is 25.6 Å². The Labute approximate surface area is 163 Å². The summed E-state index contributed by atoms with van der Waals surface area (Å²) in [5.74, 6) is 1.52. The molecule has 0 aliphatic carbocycles. The van der Waals surface area contributed by atoms with Crippen molar-refractivity contribution in [3.05, 3.63) is 34.8 Å². The van der Waals surface area contributed by atoms with Gasteiger partial charge in [0.25, 0.3) is 0 Å². The molecule has 1 aromatic carbocycles. The Kier molecular flexibility index (Phi) is 8.06. The number of anilines is 1. The van der Waals surface area contributed by atoms with Crippen LogP contribution in [0, 0.1) is 5.92 Å². The molecule has 1 N–H and O–H groups in total. The van der Waals surface area contributed by atoms with Crippen molar-refractivity contribution in [2.24, 2.45) is 11.0 Å². The van der Waals surface area contributed by atoms with Crippen LogP contribution in [-0.4, -0.2) is 37.5 Å². The van der Waals surface area contributed by atoms with Gasteiger partial charge in [0.2, 0.25) is 5.13 Å². The minimum atomic E-state index is -0.287. The third-order valence-corrected chi connectivity index (χ3v) is 4.11. The molecule has 0 bridgehead atoms. The van der Waals surface area contributed by atoms with Gasteiger partial charge < -0.3 is 14.2 Å². The molecule has 0 aliphatic rings. The molecule has 0 fully saturated rings. The average molecular weight is 391 g/mol. The SMILES string of the molecule is CCOC(=O)Cc1csc(NN=Cc2ccc(OCC(C)C)c(OC)c2)n1. The first-order chi connectivity index (χ1) is 13.0. The Bertz CT molecular complexity index is 774. The van der Waals surface area contributed by atoms with Crippen molar-refractivity contribution in [2.75, 3.05) is 25.7 Å². The number of methoxy groups -OCH3 is 1. The van der Waals surface area contributed by atoms with Crippen LogP contribution in [0.15, 0.2) is 28.7 Å². The van der Waals surface area contributed by atoms with Crippen molar-refractivity contribution in [2.45, 2.75) is 27.2 Å². The monoisotopic (exact) mass is 391 g/mol. The number of hydrazone groups is 1. The van der Waals surface area contributed by atoms with Gasteiger partial charge in [-0.1, -0.05) is 13.8 Å². The quantitative estimate of drug-likeness (QED) is 0.377. The third kappa shape index (κ3) is 6.90. The Morgan fingerprint density at radius 1 is 1.37 bits per heavy atom. The summed E-state index contributed by atoms with van der Waals surface area (Å²) in [6.45, 7) is 6.96. The van der Waals surface area contributed by atoms with Gasteiger partial charge in [0, 0.05) is 5.38 Å². The van der Waals surface area contributed by atoms with E-state index < -0.39 is 0 Å². The van der Waals surface area contributed by atoms with Crippen LogP contribution in [0.3, 0.4) is 0 Å². The van der Waals surface area contributed by atoms with Gasteiger partial charge in [-0.25, -0.2) is 4.98 Å². The van der Waals surface area contributed by atoms with Crippen molar-refractivity contribution in [1.29, 1.82) is 0 Å². The molecule has 2 aromatic rings. The summed E-state index contributed by atoms with van der Waals surface area (Å²) in [5, 5.41) is 6.59. The van der Waals surface area contributed by atoms with Crippen LogP contribution in [0.5, 0.6) is 11.5 Å². The molecule has 1 heterocycles. The van der Waals surface area contributed by atoms with Gasteiger partial charge in [-0.15, -0.1) is 11.3 Å². The fourth-order valence-electron chi connectivity index (χ4n) is 2.10. The number of hydrogen-bond donors (Lipinski definition) is 1. The second kappa shape index (κ2) is 10.5. The molecule has 0 unspecified atom stereocenters. The predicted octanol–water partition coefficient (Wildman–Crippen LogP) is 3.74. The van der Waals surface area contributed by atoms with Gasteiger partial charge in [0.1, 0.15) is 0 Å². The van der Waals surface area contributed by atoms with Gasteiger partial charge in [0.05, 0.1) is 38.7 Å². The Hall–Kier alpha value is -2.61. The number of nitrogens with one attached hydrogen (secondary N) is 1. The standard InChI is InChI=1S/C19H25N3O4S/c1-5-25-18(23)9-15-12-27-19(21-15)22-20-10-14-6-7-16(17(8-14)24-4)26-11-13(2)3/h6-8,10,12-13H,5,9,11H2,1-4H3,(H,21,22). The van der Waals surface area contributed by atoms with Crippen LogP contribution in [0.25, 0.3) is 0 Å². The molecule has 0 aliphatic heterocycles. The first-order valence-electron chi connectivity index (χ1n) is 8.71. The molecule has 7 nitrogen and oxygen atoms in total. The van der Waals surface area contributed by atoms with Crippen molar-refractivity contribution < 1.29 is 19.0 Å². The minimum absolute atomic E-state index is 0.158. The largest absolute Gasteiger partial charge is 0.493 e. The lowest BCUT2D eigenvalue weighted by molar-refractivity contribution is -0.142. The van der Waals surface area contributed by atoms with Crippen LogP contribution in [-0.2, 0) is 16.0 Å². The van der Waals surface area contributed by atoms with E-state index in [1.807, 2.05) is 18.2 Å². The molecule has 1 aromatic heterocycles. The summed E-state index contributed by atoms with van der Waals surface area (Å²) in [5.41, 5.74) is 4.38. The van der Waals surface area contributed by atoms with Crippen LogP contribution < -0.4 is 14.9 Å². The number of rotatable bonds is 10. The molecule has 0 saturated heterocycles. The summed E-state index contributed by atoms with van der Waals surface area (Å²) in [6.07, 6.45) is 1.83. The van der Waals surface area contributed by atoms with E-state index in [0.717, 1.165) is 5.56 Å². The van der Waals surface area contributed by atoms with Crippen LogP contribution >= 0.6 is 11.3 Å². The lowest BCUT2D eigenvalue weighted by atomic mass is 10.2. The topological polar surface area (TPSA) is 82.0 Å². The Balaban J connectivity index is 1.94. The first-order valence-corrected chi connectivity index (χ1v) is 9.59. The van der Waals surface area contributed by atoms with E-state index in [9.17, 15) is 4.79 Å². The summed E-state index contributed by atoms with van der Waals surface area (Å²) in [6, 6.07) is 5.62. The maximum atomic E-state index is 11.5. The van der Waals surface area contributed by atoms with E-state index in [2.05, 4.69) is 29.4 Å². The maximum absolute atomic E-state index is 11.5. The number of thiazole rings is 1. The number of carbonyl (C=O) groups is 1. The van der Waals surface area contributed by atoms with E-state index in [-0.39, 0.29) is 12.4 Å². The van der Waals surface area contributed by atoms with Crippen molar-refractivity contribution in [3.8, 4) is 11.5 Å². The number of ether oxygens (including phenoxy) is 3. The van der Waals surface area contributed by atoms with E-state index in [0.29, 0.717) is 41.5 Å².